The van der Waals surface area contributed by atoms with Crippen molar-refractivity contribution in [2.75, 3.05) is 31.9 Å². The van der Waals surface area contributed by atoms with Crippen LogP contribution in [0.4, 0.5) is 0 Å². The lowest BCUT2D eigenvalue weighted by molar-refractivity contribution is -0.917. The van der Waals surface area contributed by atoms with Crippen molar-refractivity contribution in [3.05, 3.63) is 36.0 Å². The second-order valence-corrected chi connectivity index (χ2v) is 7.84. The highest BCUT2D eigenvalue weighted by Gasteiger charge is 2.27. The molecule has 3 rings (SSSR count). The number of nitrogens with one attached hydrogen (secondary N) is 2. The third-order valence-corrected chi connectivity index (χ3v) is 6.18. The molecule has 0 amide bonds. The summed E-state index contributed by atoms with van der Waals surface area (Å²) in [6.07, 6.45) is 2.08. The molecule has 114 valence electrons. The maximum Gasteiger partial charge on any atom is 0.214 e. The number of benzene rings is 1. The van der Waals surface area contributed by atoms with Crippen molar-refractivity contribution >= 4 is 20.9 Å². The first-order chi connectivity index (χ1) is 10.1. The number of rotatable bonds is 4. The summed E-state index contributed by atoms with van der Waals surface area (Å²) < 4.78 is 25.4. The Balaban J connectivity index is 1.66. The van der Waals surface area contributed by atoms with Crippen molar-refractivity contribution in [2.24, 2.45) is 0 Å². The van der Waals surface area contributed by atoms with Crippen LogP contribution in [0.2, 0.25) is 0 Å². The summed E-state index contributed by atoms with van der Waals surface area (Å²) in [7, 11) is -3.03. The fourth-order valence-electron chi connectivity index (χ4n) is 2.99. The number of hydrogen-bond donors (Lipinski definition) is 2. The molecule has 1 aromatic carbocycles. The summed E-state index contributed by atoms with van der Waals surface area (Å²) in [4.78, 5) is 4.75. The molecule has 1 aliphatic heterocycles. The van der Waals surface area contributed by atoms with Gasteiger partial charge in [-0.1, -0.05) is 18.2 Å². The number of para-hydroxylation sites is 1. The number of quaternary nitrogens is 1. The molecule has 0 saturated carbocycles. The third kappa shape index (κ3) is 2.97. The first-order valence-corrected chi connectivity index (χ1v) is 9.07. The zero-order chi connectivity index (χ0) is 14.9. The van der Waals surface area contributed by atoms with Crippen LogP contribution in [0.5, 0.6) is 0 Å². The second kappa shape index (κ2) is 5.79. The van der Waals surface area contributed by atoms with Gasteiger partial charge in [-0.2, -0.15) is 4.31 Å². The minimum atomic E-state index is -3.03. The van der Waals surface area contributed by atoms with Crippen LogP contribution in [0.1, 0.15) is 12.5 Å². The molecule has 0 atom stereocenters. The molecule has 0 radical (unpaired) electrons. The van der Waals surface area contributed by atoms with E-state index in [0.29, 0.717) is 13.1 Å². The molecule has 21 heavy (non-hydrogen) atoms. The normalized spacial score (nSPS) is 18.3. The number of sulfonamides is 1. The maximum absolute atomic E-state index is 11.9. The third-order valence-electron chi connectivity index (χ3n) is 4.30. The van der Waals surface area contributed by atoms with Crippen molar-refractivity contribution in [3.8, 4) is 0 Å². The highest BCUT2D eigenvalue weighted by atomic mass is 32.2. The summed E-state index contributed by atoms with van der Waals surface area (Å²) in [5.74, 6) is 0.199. The summed E-state index contributed by atoms with van der Waals surface area (Å²) in [6, 6.07) is 8.31. The van der Waals surface area contributed by atoms with E-state index in [1.54, 1.807) is 11.2 Å². The number of H-pyrrole nitrogens is 1. The Kier molecular flexibility index (Phi) is 4.01. The quantitative estimate of drug-likeness (QED) is 0.849. The summed E-state index contributed by atoms with van der Waals surface area (Å²) in [6.45, 7) is 5.67. The minimum absolute atomic E-state index is 0.199. The van der Waals surface area contributed by atoms with Crippen molar-refractivity contribution in [1.82, 2.24) is 9.29 Å². The number of piperazine rings is 1. The van der Waals surface area contributed by atoms with E-state index in [0.717, 1.165) is 19.6 Å². The molecule has 1 fully saturated rings. The molecular weight excluding hydrogens is 286 g/mol. The Labute approximate surface area is 125 Å². The second-order valence-electron chi connectivity index (χ2n) is 5.59. The Morgan fingerprint density at radius 3 is 2.67 bits per heavy atom. The number of nitrogens with zero attached hydrogens (tertiary/aromatic N) is 1. The van der Waals surface area contributed by atoms with Gasteiger partial charge in [0.25, 0.3) is 0 Å². The van der Waals surface area contributed by atoms with E-state index < -0.39 is 10.0 Å². The average molecular weight is 308 g/mol. The number of hydrogen-bond acceptors (Lipinski definition) is 2. The molecule has 1 aromatic heterocycles. The fourth-order valence-corrected chi connectivity index (χ4v) is 4.09. The number of fused-ring (bicyclic) bond motifs is 1. The molecule has 1 aliphatic rings. The molecule has 0 bridgehead atoms. The fraction of sp³-hybridized carbons (Fsp3) is 0.467. The van der Waals surface area contributed by atoms with Gasteiger partial charge in [0, 0.05) is 22.7 Å². The maximum atomic E-state index is 11.9. The van der Waals surface area contributed by atoms with Gasteiger partial charge in [0.15, 0.2) is 0 Å². The molecule has 2 aromatic rings. The zero-order valence-corrected chi connectivity index (χ0v) is 13.1. The minimum Gasteiger partial charge on any atom is -0.361 e. The molecule has 0 aliphatic carbocycles. The Bertz CT molecular complexity index is 715. The van der Waals surface area contributed by atoms with E-state index >= 15 is 0 Å². The molecule has 0 unspecified atom stereocenters. The zero-order valence-electron chi connectivity index (χ0n) is 12.3. The van der Waals surface area contributed by atoms with Crippen molar-refractivity contribution in [3.63, 3.8) is 0 Å². The standard InChI is InChI=1S/C15H21N3O2S/c1-2-21(19,20)18-9-7-17(8-10-18)12-13-11-16-15-6-4-3-5-14(13)15/h3-6,11,16H,2,7-10,12H2,1H3/p+1. The van der Waals surface area contributed by atoms with Gasteiger partial charge >= 0.3 is 0 Å². The van der Waals surface area contributed by atoms with Crippen LogP contribution in [0, 0.1) is 0 Å². The molecule has 2 heterocycles. The van der Waals surface area contributed by atoms with Gasteiger partial charge in [-0.25, -0.2) is 8.42 Å². The van der Waals surface area contributed by atoms with E-state index in [2.05, 4.69) is 29.4 Å². The highest BCUT2D eigenvalue weighted by Crippen LogP contribution is 2.16. The van der Waals surface area contributed by atoms with Gasteiger partial charge in [-0.3, -0.25) is 0 Å². The Morgan fingerprint density at radius 2 is 1.95 bits per heavy atom. The summed E-state index contributed by atoms with van der Waals surface area (Å²) in [5, 5.41) is 1.27. The van der Waals surface area contributed by atoms with Gasteiger partial charge in [-0.05, 0) is 13.0 Å². The van der Waals surface area contributed by atoms with E-state index in [4.69, 9.17) is 0 Å². The molecule has 1 saturated heterocycles. The average Bonchev–Trinajstić information content (AvgIpc) is 2.91. The largest absolute Gasteiger partial charge is 0.361 e. The van der Waals surface area contributed by atoms with Gasteiger partial charge < -0.3 is 9.88 Å². The number of aromatic nitrogens is 1. The van der Waals surface area contributed by atoms with Crippen molar-refractivity contribution < 1.29 is 13.3 Å². The molecule has 0 spiro atoms. The van der Waals surface area contributed by atoms with Gasteiger partial charge in [0.1, 0.15) is 6.54 Å². The highest BCUT2D eigenvalue weighted by molar-refractivity contribution is 7.89. The molecular formula is C15H22N3O2S+. The van der Waals surface area contributed by atoms with Gasteiger partial charge in [0.05, 0.1) is 31.9 Å². The SMILES string of the molecule is CCS(=O)(=O)N1CC[NH+](Cc2c[nH]c3ccccc23)CC1. The summed E-state index contributed by atoms with van der Waals surface area (Å²) >= 11 is 0. The van der Waals surface area contributed by atoms with E-state index in [1.165, 1.54) is 21.4 Å². The van der Waals surface area contributed by atoms with Crippen LogP contribution < -0.4 is 4.90 Å². The van der Waals surface area contributed by atoms with Crippen molar-refractivity contribution in [1.29, 1.82) is 0 Å². The smallest absolute Gasteiger partial charge is 0.214 e. The predicted molar refractivity (Wildman–Crippen MR) is 83.7 cm³/mol. The molecule has 2 N–H and O–H groups in total. The van der Waals surface area contributed by atoms with E-state index in [1.807, 2.05) is 6.07 Å². The summed E-state index contributed by atoms with van der Waals surface area (Å²) in [5.41, 5.74) is 2.48. The lowest BCUT2D eigenvalue weighted by Gasteiger charge is -2.31. The van der Waals surface area contributed by atoms with Crippen LogP contribution in [0.3, 0.4) is 0 Å². The van der Waals surface area contributed by atoms with Crippen LogP contribution in [-0.2, 0) is 16.6 Å². The Hall–Kier alpha value is -1.37. The topological polar surface area (TPSA) is 57.6 Å². The van der Waals surface area contributed by atoms with Crippen LogP contribution in [0.25, 0.3) is 10.9 Å². The molecule has 6 heteroatoms. The van der Waals surface area contributed by atoms with Gasteiger partial charge in [0.2, 0.25) is 10.0 Å². The van der Waals surface area contributed by atoms with Crippen LogP contribution in [0.15, 0.2) is 30.5 Å². The van der Waals surface area contributed by atoms with Crippen LogP contribution in [-0.4, -0.2) is 49.6 Å². The van der Waals surface area contributed by atoms with E-state index in [9.17, 15) is 8.42 Å². The van der Waals surface area contributed by atoms with Gasteiger partial charge in [-0.15, -0.1) is 0 Å². The number of aromatic amines is 1. The first kappa shape index (κ1) is 14.6. The predicted octanol–water partition coefficient (Wildman–Crippen LogP) is 0.218. The lowest BCUT2D eigenvalue weighted by atomic mass is 10.1. The van der Waals surface area contributed by atoms with E-state index in [-0.39, 0.29) is 5.75 Å². The van der Waals surface area contributed by atoms with Crippen molar-refractivity contribution in [2.45, 2.75) is 13.5 Å². The Morgan fingerprint density at radius 1 is 1.24 bits per heavy atom. The monoisotopic (exact) mass is 308 g/mol. The molecule has 5 nitrogen and oxygen atoms in total. The van der Waals surface area contributed by atoms with Crippen LogP contribution >= 0.6 is 0 Å². The first-order valence-electron chi connectivity index (χ1n) is 7.46. The lowest BCUT2D eigenvalue weighted by Crippen LogP contribution is -3.13.